The number of hydrogen-bond acceptors (Lipinski definition) is 1. The van der Waals surface area contributed by atoms with Gasteiger partial charge in [-0.1, -0.05) is 57.4 Å². The number of unbranched alkanes of at least 4 members (excludes halogenated alkanes) is 3. The largest absolute Gasteiger partial charge is 0.290 e. The van der Waals surface area contributed by atoms with Gasteiger partial charge in [-0.15, -0.1) is 0 Å². The number of carbonyl (C=O) groups is 1. The molecule has 0 N–H and O–H groups in total. The smallest absolute Gasteiger partial charge is 0.178 e. The topological polar surface area (TPSA) is 17.1 Å². The first kappa shape index (κ1) is 16.9. The molecule has 112 valence electrons. The van der Waals surface area contributed by atoms with E-state index in [-0.39, 0.29) is 11.2 Å². The van der Waals surface area contributed by atoms with Gasteiger partial charge >= 0.3 is 0 Å². The second kappa shape index (κ2) is 8.24. The molecule has 1 unspecified atom stereocenters. The first-order valence-corrected chi connectivity index (χ1v) is 8.02. The van der Waals surface area contributed by atoms with E-state index in [1.165, 1.54) is 31.3 Å². The van der Waals surface area contributed by atoms with Crippen LogP contribution in [0.5, 0.6) is 0 Å². The number of rotatable bonds is 7. The monoisotopic (exact) mass is 274 g/mol. The standard InChI is InChI=1S/C19H30O/c1-5-6-7-8-9-12-17(20)13-14-18-16(2)11-10-15-19(18,3)4/h9,11-14,18H,5-8,10,15H2,1-4H3/b12-9+,14-13+. The summed E-state index contributed by atoms with van der Waals surface area (Å²) in [6.45, 7) is 8.97. The number of hydrogen-bond donors (Lipinski definition) is 0. The van der Waals surface area contributed by atoms with Crippen molar-refractivity contribution < 1.29 is 4.79 Å². The van der Waals surface area contributed by atoms with E-state index in [4.69, 9.17) is 0 Å². The molecule has 0 radical (unpaired) electrons. The van der Waals surface area contributed by atoms with E-state index < -0.39 is 0 Å². The average molecular weight is 274 g/mol. The number of carbonyl (C=O) groups excluding carboxylic acids is 1. The quantitative estimate of drug-likeness (QED) is 0.334. The molecule has 1 atom stereocenters. The molecule has 0 fully saturated rings. The molecule has 0 saturated carbocycles. The molecule has 0 saturated heterocycles. The van der Waals surface area contributed by atoms with E-state index in [0.717, 1.165) is 12.8 Å². The second-order valence-electron chi connectivity index (χ2n) is 6.61. The van der Waals surface area contributed by atoms with Gasteiger partial charge in [0.25, 0.3) is 0 Å². The molecule has 1 aliphatic carbocycles. The Labute approximate surface area is 124 Å². The van der Waals surface area contributed by atoms with E-state index in [0.29, 0.717) is 5.92 Å². The van der Waals surface area contributed by atoms with Gasteiger partial charge in [0.05, 0.1) is 0 Å². The minimum atomic E-state index is 0.121. The molecule has 1 heteroatoms. The van der Waals surface area contributed by atoms with E-state index in [9.17, 15) is 4.79 Å². The minimum Gasteiger partial charge on any atom is -0.290 e. The highest BCUT2D eigenvalue weighted by molar-refractivity contribution is 5.99. The molecule has 1 nitrogen and oxygen atoms in total. The summed E-state index contributed by atoms with van der Waals surface area (Å²) in [4.78, 5) is 11.8. The van der Waals surface area contributed by atoms with Crippen LogP contribution in [0.2, 0.25) is 0 Å². The first-order chi connectivity index (χ1) is 9.47. The van der Waals surface area contributed by atoms with E-state index in [1.54, 1.807) is 12.2 Å². The fourth-order valence-corrected chi connectivity index (χ4v) is 2.94. The van der Waals surface area contributed by atoms with Crippen molar-refractivity contribution >= 4 is 5.78 Å². The Hall–Kier alpha value is -1.11. The molecule has 1 rings (SSSR count). The predicted molar refractivity (Wildman–Crippen MR) is 87.7 cm³/mol. The summed E-state index contributed by atoms with van der Waals surface area (Å²) >= 11 is 0. The fourth-order valence-electron chi connectivity index (χ4n) is 2.94. The Morgan fingerprint density at radius 2 is 2.10 bits per heavy atom. The zero-order valence-corrected chi connectivity index (χ0v) is 13.6. The van der Waals surface area contributed by atoms with Crippen molar-refractivity contribution in [2.24, 2.45) is 11.3 Å². The van der Waals surface area contributed by atoms with Gasteiger partial charge in [-0.3, -0.25) is 4.79 Å². The Balaban J connectivity index is 2.51. The van der Waals surface area contributed by atoms with Gasteiger partial charge in [0.1, 0.15) is 0 Å². The normalized spacial score (nSPS) is 22.4. The summed E-state index contributed by atoms with van der Waals surface area (Å²) in [6.07, 6.45) is 16.9. The molecule has 0 aliphatic heterocycles. The molecule has 0 heterocycles. The molecule has 0 aromatic carbocycles. The van der Waals surface area contributed by atoms with Gasteiger partial charge in [-0.05, 0) is 50.2 Å². The van der Waals surface area contributed by atoms with Crippen molar-refractivity contribution in [1.29, 1.82) is 0 Å². The highest BCUT2D eigenvalue weighted by atomic mass is 16.1. The third-order valence-electron chi connectivity index (χ3n) is 4.30. The van der Waals surface area contributed by atoms with Gasteiger partial charge < -0.3 is 0 Å². The van der Waals surface area contributed by atoms with Crippen LogP contribution in [0.25, 0.3) is 0 Å². The SMILES string of the molecule is CCCCC/C=C/C(=O)/C=C/C1C(C)=CCCC1(C)C. The molecular weight excluding hydrogens is 244 g/mol. The van der Waals surface area contributed by atoms with Crippen molar-refractivity contribution in [3.63, 3.8) is 0 Å². The van der Waals surface area contributed by atoms with Gasteiger partial charge in [-0.2, -0.15) is 0 Å². The molecule has 0 bridgehead atoms. The van der Waals surface area contributed by atoms with Crippen LogP contribution < -0.4 is 0 Å². The average Bonchev–Trinajstić information content (AvgIpc) is 2.37. The Bertz CT molecular complexity index is 396. The minimum absolute atomic E-state index is 0.121. The maximum Gasteiger partial charge on any atom is 0.178 e. The van der Waals surface area contributed by atoms with Crippen LogP contribution in [-0.2, 0) is 4.79 Å². The fraction of sp³-hybridized carbons (Fsp3) is 0.632. The van der Waals surface area contributed by atoms with E-state index in [1.807, 2.05) is 6.08 Å². The lowest BCUT2D eigenvalue weighted by atomic mass is 9.68. The highest BCUT2D eigenvalue weighted by Gasteiger charge is 2.30. The summed E-state index contributed by atoms with van der Waals surface area (Å²) in [5, 5.41) is 0. The Morgan fingerprint density at radius 3 is 2.75 bits per heavy atom. The zero-order chi connectivity index (χ0) is 15.0. The summed E-state index contributed by atoms with van der Waals surface area (Å²) in [5.41, 5.74) is 1.66. The van der Waals surface area contributed by atoms with Gasteiger partial charge in [0.2, 0.25) is 0 Å². The van der Waals surface area contributed by atoms with Crippen LogP contribution >= 0.6 is 0 Å². The van der Waals surface area contributed by atoms with Crippen LogP contribution in [0, 0.1) is 11.3 Å². The molecular formula is C19H30O. The van der Waals surface area contributed by atoms with Gasteiger partial charge in [-0.25, -0.2) is 0 Å². The van der Waals surface area contributed by atoms with Gasteiger partial charge in [0.15, 0.2) is 5.78 Å². The van der Waals surface area contributed by atoms with Gasteiger partial charge in [0, 0.05) is 5.92 Å². The number of allylic oxidation sites excluding steroid dienone is 6. The summed E-state index contributed by atoms with van der Waals surface area (Å²) in [5.74, 6) is 0.518. The van der Waals surface area contributed by atoms with Crippen LogP contribution in [0.1, 0.15) is 66.2 Å². The molecule has 20 heavy (non-hydrogen) atoms. The lowest BCUT2D eigenvalue weighted by Crippen LogP contribution is -2.26. The predicted octanol–water partition coefficient (Wildman–Crippen LogP) is 5.63. The van der Waals surface area contributed by atoms with Crippen molar-refractivity contribution in [2.45, 2.75) is 66.2 Å². The third kappa shape index (κ3) is 5.48. The maximum absolute atomic E-state index is 11.8. The van der Waals surface area contributed by atoms with E-state index in [2.05, 4.69) is 39.8 Å². The second-order valence-corrected chi connectivity index (χ2v) is 6.61. The van der Waals surface area contributed by atoms with Crippen LogP contribution in [0.15, 0.2) is 36.0 Å². The van der Waals surface area contributed by atoms with Crippen molar-refractivity contribution in [1.82, 2.24) is 0 Å². The molecule has 0 aromatic rings. The number of ketones is 1. The molecule has 0 aromatic heterocycles. The van der Waals surface area contributed by atoms with E-state index >= 15 is 0 Å². The lowest BCUT2D eigenvalue weighted by molar-refractivity contribution is -0.110. The van der Waals surface area contributed by atoms with Crippen LogP contribution in [-0.4, -0.2) is 5.78 Å². The van der Waals surface area contributed by atoms with Crippen molar-refractivity contribution in [2.75, 3.05) is 0 Å². The van der Waals surface area contributed by atoms with Crippen molar-refractivity contribution in [3.05, 3.63) is 36.0 Å². The van der Waals surface area contributed by atoms with Crippen LogP contribution in [0.4, 0.5) is 0 Å². The zero-order valence-electron chi connectivity index (χ0n) is 13.6. The summed E-state index contributed by atoms with van der Waals surface area (Å²) < 4.78 is 0. The Morgan fingerprint density at radius 1 is 1.35 bits per heavy atom. The van der Waals surface area contributed by atoms with Crippen molar-refractivity contribution in [3.8, 4) is 0 Å². The maximum atomic E-state index is 11.8. The van der Waals surface area contributed by atoms with Crippen LogP contribution in [0.3, 0.4) is 0 Å². The Kier molecular flexibility index (Phi) is 6.98. The third-order valence-corrected chi connectivity index (χ3v) is 4.30. The lowest BCUT2D eigenvalue weighted by Gasteiger charge is -2.36. The molecule has 1 aliphatic rings. The first-order valence-electron chi connectivity index (χ1n) is 8.02. The molecule has 0 amide bonds. The molecule has 0 spiro atoms. The highest BCUT2D eigenvalue weighted by Crippen LogP contribution is 2.41. The summed E-state index contributed by atoms with van der Waals surface area (Å²) in [7, 11) is 0. The summed E-state index contributed by atoms with van der Waals surface area (Å²) in [6, 6.07) is 0.